The van der Waals surface area contributed by atoms with Crippen LogP contribution in [0.25, 0.3) is 21.8 Å². The number of carboxylic acid groups (broad SMARTS) is 1. The Balaban J connectivity index is 2.54. The Hall–Kier alpha value is -2.24. The lowest BCUT2D eigenvalue weighted by Gasteiger charge is -2.07. The monoisotopic (exact) mass is 320 g/mol. The predicted molar refractivity (Wildman–Crippen MR) is 79.4 cm³/mol. The van der Waals surface area contributed by atoms with E-state index in [0.29, 0.717) is 33.1 Å². The molecule has 0 spiro atoms. The number of aromatic carboxylic acids is 1. The number of carboxylic acids is 1. The first kappa shape index (κ1) is 13.7. The van der Waals surface area contributed by atoms with Crippen LogP contribution in [0.15, 0.2) is 24.3 Å². The van der Waals surface area contributed by atoms with Crippen LogP contribution in [-0.4, -0.2) is 27.3 Å². The van der Waals surface area contributed by atoms with Gasteiger partial charge in [0.05, 0.1) is 21.1 Å². The lowest BCUT2D eigenvalue weighted by molar-refractivity contribution is 0.0691. The van der Waals surface area contributed by atoms with Gasteiger partial charge in [-0.15, -0.1) is 0 Å². The summed E-state index contributed by atoms with van der Waals surface area (Å²) in [5, 5.41) is 10.8. The number of carbonyl (C=O) groups excluding carboxylic acids is 1. The van der Waals surface area contributed by atoms with E-state index >= 15 is 0 Å². The Morgan fingerprint density at radius 3 is 2.19 bits per heavy atom. The smallest absolute Gasteiger partial charge is 0.354 e. The van der Waals surface area contributed by atoms with Crippen molar-refractivity contribution < 1.29 is 14.7 Å². The minimum atomic E-state index is -1.20. The van der Waals surface area contributed by atoms with Crippen LogP contribution < -0.4 is 0 Å². The molecular formula is C14H6Cl2N2O3. The van der Waals surface area contributed by atoms with Crippen LogP contribution >= 0.6 is 23.2 Å². The minimum Gasteiger partial charge on any atom is -0.477 e. The van der Waals surface area contributed by atoms with Gasteiger partial charge in [0.1, 0.15) is 11.4 Å². The van der Waals surface area contributed by atoms with Crippen molar-refractivity contribution in [3.05, 3.63) is 45.7 Å². The van der Waals surface area contributed by atoms with Gasteiger partial charge in [0.25, 0.3) is 0 Å². The summed E-state index contributed by atoms with van der Waals surface area (Å²) in [6.07, 6.45) is 0.562. The number of hydrogen-bond acceptors (Lipinski definition) is 4. The normalized spacial score (nSPS) is 11.0. The fourth-order valence-electron chi connectivity index (χ4n) is 2.08. The fraction of sp³-hybridized carbons (Fsp3) is 0. The van der Waals surface area contributed by atoms with Crippen LogP contribution in [0.1, 0.15) is 21.0 Å². The molecule has 0 aliphatic carbocycles. The van der Waals surface area contributed by atoms with Gasteiger partial charge in [-0.25, -0.2) is 14.8 Å². The highest BCUT2D eigenvalue weighted by Gasteiger charge is 2.14. The molecule has 0 saturated heterocycles. The molecule has 2 heterocycles. The lowest BCUT2D eigenvalue weighted by Crippen LogP contribution is -2.01. The van der Waals surface area contributed by atoms with E-state index < -0.39 is 5.97 Å². The maximum absolute atomic E-state index is 11.1. The van der Waals surface area contributed by atoms with E-state index in [1.807, 2.05) is 0 Å². The summed E-state index contributed by atoms with van der Waals surface area (Å²) in [7, 11) is 0. The van der Waals surface area contributed by atoms with E-state index in [4.69, 9.17) is 28.3 Å². The van der Waals surface area contributed by atoms with E-state index in [0.717, 1.165) is 0 Å². The maximum atomic E-state index is 11.1. The molecule has 1 aromatic carbocycles. The fourth-order valence-corrected chi connectivity index (χ4v) is 2.60. The van der Waals surface area contributed by atoms with Gasteiger partial charge in [0.2, 0.25) is 0 Å². The molecule has 104 valence electrons. The van der Waals surface area contributed by atoms with Crippen molar-refractivity contribution >= 4 is 57.3 Å². The summed E-state index contributed by atoms with van der Waals surface area (Å²) in [5.74, 6) is -1.20. The highest BCUT2D eigenvalue weighted by molar-refractivity contribution is 6.38. The van der Waals surface area contributed by atoms with E-state index in [1.165, 1.54) is 12.1 Å². The Labute approximate surface area is 128 Å². The molecule has 0 aliphatic heterocycles. The lowest BCUT2D eigenvalue weighted by atomic mass is 10.1. The standard InChI is InChI=1S/C14H6Cl2N2O3/c15-9-3-6(5-19)17-12-7(9)1-2-8-10(16)4-11(14(20)21)18-13(8)12/h1-5H,(H,20,21). The van der Waals surface area contributed by atoms with Gasteiger partial charge in [0, 0.05) is 10.8 Å². The largest absolute Gasteiger partial charge is 0.477 e. The molecule has 7 heteroatoms. The Bertz CT molecular complexity index is 925. The topological polar surface area (TPSA) is 80.2 Å². The number of benzene rings is 1. The van der Waals surface area contributed by atoms with Gasteiger partial charge >= 0.3 is 5.97 Å². The molecule has 0 radical (unpaired) electrons. The molecule has 0 aliphatic rings. The third-order valence-electron chi connectivity index (χ3n) is 3.02. The Morgan fingerprint density at radius 2 is 1.62 bits per heavy atom. The number of carbonyl (C=O) groups is 2. The summed E-state index contributed by atoms with van der Waals surface area (Å²) < 4.78 is 0. The van der Waals surface area contributed by atoms with Gasteiger partial charge < -0.3 is 5.11 Å². The van der Waals surface area contributed by atoms with Crippen molar-refractivity contribution in [2.45, 2.75) is 0 Å². The van der Waals surface area contributed by atoms with E-state index in [2.05, 4.69) is 9.97 Å². The maximum Gasteiger partial charge on any atom is 0.354 e. The zero-order chi connectivity index (χ0) is 15.1. The van der Waals surface area contributed by atoms with Gasteiger partial charge in [-0.3, -0.25) is 4.79 Å². The molecule has 0 atom stereocenters. The van der Waals surface area contributed by atoms with Crippen LogP contribution in [0.4, 0.5) is 0 Å². The SMILES string of the molecule is O=Cc1cc(Cl)c2ccc3c(Cl)cc(C(=O)O)nc3c2n1. The number of hydrogen-bond donors (Lipinski definition) is 1. The first-order chi connectivity index (χ1) is 10.0. The molecule has 21 heavy (non-hydrogen) atoms. The van der Waals surface area contributed by atoms with Crippen molar-refractivity contribution in [3.63, 3.8) is 0 Å². The van der Waals surface area contributed by atoms with Crippen LogP contribution in [0.2, 0.25) is 10.0 Å². The molecule has 0 saturated carbocycles. The molecule has 3 aromatic rings. The Kier molecular flexibility index (Phi) is 3.23. The van der Waals surface area contributed by atoms with Gasteiger partial charge in [0.15, 0.2) is 6.29 Å². The number of pyridine rings is 2. The van der Waals surface area contributed by atoms with Crippen molar-refractivity contribution in [1.82, 2.24) is 9.97 Å². The van der Waals surface area contributed by atoms with Gasteiger partial charge in [-0.1, -0.05) is 35.3 Å². The third-order valence-corrected chi connectivity index (χ3v) is 3.64. The average molecular weight is 321 g/mol. The van der Waals surface area contributed by atoms with Crippen molar-refractivity contribution in [2.24, 2.45) is 0 Å². The number of fused-ring (bicyclic) bond motifs is 3. The number of aldehydes is 1. The molecule has 1 N–H and O–H groups in total. The Morgan fingerprint density at radius 1 is 1.05 bits per heavy atom. The zero-order valence-electron chi connectivity index (χ0n) is 10.3. The van der Waals surface area contributed by atoms with Crippen LogP contribution in [0.5, 0.6) is 0 Å². The second kappa shape index (κ2) is 4.95. The molecule has 3 rings (SSSR count). The number of halogens is 2. The molecule has 0 unspecified atom stereocenters. The molecule has 5 nitrogen and oxygen atoms in total. The van der Waals surface area contributed by atoms with Crippen molar-refractivity contribution in [3.8, 4) is 0 Å². The minimum absolute atomic E-state index is 0.138. The first-order valence-corrected chi connectivity index (χ1v) is 6.55. The second-order valence-electron chi connectivity index (χ2n) is 4.30. The summed E-state index contributed by atoms with van der Waals surface area (Å²) in [6.45, 7) is 0. The summed E-state index contributed by atoms with van der Waals surface area (Å²) in [6, 6.07) is 6.09. The van der Waals surface area contributed by atoms with E-state index in [-0.39, 0.29) is 16.4 Å². The van der Waals surface area contributed by atoms with Gasteiger partial charge in [-0.05, 0) is 12.1 Å². The van der Waals surface area contributed by atoms with Crippen LogP contribution in [0.3, 0.4) is 0 Å². The number of aromatic nitrogens is 2. The molecule has 2 aromatic heterocycles. The summed E-state index contributed by atoms with van der Waals surface area (Å²) in [5.41, 5.74) is 0.572. The highest BCUT2D eigenvalue weighted by Crippen LogP contribution is 2.32. The van der Waals surface area contributed by atoms with Crippen molar-refractivity contribution in [1.29, 1.82) is 0 Å². The third kappa shape index (κ3) is 2.20. The zero-order valence-corrected chi connectivity index (χ0v) is 11.8. The van der Waals surface area contributed by atoms with E-state index in [9.17, 15) is 9.59 Å². The van der Waals surface area contributed by atoms with Crippen LogP contribution in [0, 0.1) is 0 Å². The quantitative estimate of drug-likeness (QED) is 0.576. The number of nitrogens with zero attached hydrogens (tertiary/aromatic N) is 2. The van der Waals surface area contributed by atoms with Crippen molar-refractivity contribution in [2.75, 3.05) is 0 Å². The van der Waals surface area contributed by atoms with E-state index in [1.54, 1.807) is 12.1 Å². The summed E-state index contributed by atoms with van der Waals surface area (Å²) >= 11 is 12.2. The molecule has 0 bridgehead atoms. The average Bonchev–Trinajstić information content (AvgIpc) is 2.46. The van der Waals surface area contributed by atoms with Crippen LogP contribution in [-0.2, 0) is 0 Å². The van der Waals surface area contributed by atoms with Gasteiger partial charge in [-0.2, -0.15) is 0 Å². The molecule has 0 amide bonds. The predicted octanol–water partition coefficient (Wildman–Crippen LogP) is 3.60. The first-order valence-electron chi connectivity index (χ1n) is 5.79. The highest BCUT2D eigenvalue weighted by atomic mass is 35.5. The number of rotatable bonds is 2. The summed E-state index contributed by atoms with van der Waals surface area (Å²) in [4.78, 5) is 30.2. The molecular weight excluding hydrogens is 315 g/mol. The second-order valence-corrected chi connectivity index (χ2v) is 5.11. The molecule has 0 fully saturated rings.